The van der Waals surface area contributed by atoms with Gasteiger partial charge in [0, 0.05) is 11.6 Å². The van der Waals surface area contributed by atoms with Gasteiger partial charge in [0.1, 0.15) is 11.6 Å². The summed E-state index contributed by atoms with van der Waals surface area (Å²) < 4.78 is 57.2. The number of carbonyl (C=O) groups is 1. The van der Waals surface area contributed by atoms with E-state index in [1.165, 1.54) is 49.6 Å². The van der Waals surface area contributed by atoms with Crippen molar-refractivity contribution < 1.29 is 26.7 Å². The number of rotatable bonds is 5. The van der Waals surface area contributed by atoms with Crippen molar-refractivity contribution >= 4 is 28.0 Å². The number of carbonyl (C=O) groups excluding carboxylic acids is 1. The number of halogens is 2. The zero-order chi connectivity index (χ0) is 21.0. The molecule has 0 atom stereocenters. The largest absolute Gasteiger partial charge is 0.465 e. The van der Waals surface area contributed by atoms with Gasteiger partial charge in [-0.25, -0.2) is 22.0 Å². The minimum atomic E-state index is -3.95. The number of sulfone groups is 1. The first-order valence-electron chi connectivity index (χ1n) is 8.48. The van der Waals surface area contributed by atoms with Gasteiger partial charge in [0.05, 0.1) is 22.5 Å². The maximum Gasteiger partial charge on any atom is 0.339 e. The fraction of sp³-hybridized carbons (Fsp3) is 0.0455. The Morgan fingerprint density at radius 3 is 2.28 bits per heavy atom. The maximum atomic E-state index is 13.7. The molecule has 7 heteroatoms. The van der Waals surface area contributed by atoms with Crippen LogP contribution in [0, 0.1) is 11.6 Å². The molecule has 0 saturated heterocycles. The van der Waals surface area contributed by atoms with Gasteiger partial charge in [0.15, 0.2) is 0 Å². The molecule has 148 valence electrons. The van der Waals surface area contributed by atoms with Gasteiger partial charge in [0.25, 0.3) is 0 Å². The van der Waals surface area contributed by atoms with Crippen LogP contribution in [-0.2, 0) is 14.6 Å². The minimum absolute atomic E-state index is 0.000958. The van der Waals surface area contributed by atoms with Crippen LogP contribution < -0.4 is 0 Å². The summed E-state index contributed by atoms with van der Waals surface area (Å²) in [4.78, 5) is 11.7. The fourth-order valence-corrected chi connectivity index (χ4v) is 4.13. The van der Waals surface area contributed by atoms with Crippen LogP contribution in [0.4, 0.5) is 8.78 Å². The van der Waals surface area contributed by atoms with E-state index in [4.69, 9.17) is 0 Å². The second-order valence-electron chi connectivity index (χ2n) is 6.06. The van der Waals surface area contributed by atoms with Crippen molar-refractivity contribution in [3.05, 3.63) is 95.1 Å². The molecule has 0 aromatic heterocycles. The van der Waals surface area contributed by atoms with Crippen molar-refractivity contribution in [1.82, 2.24) is 0 Å². The first-order valence-corrected chi connectivity index (χ1v) is 9.97. The molecule has 3 aromatic carbocycles. The van der Waals surface area contributed by atoms with Crippen LogP contribution in [0.2, 0.25) is 0 Å². The Morgan fingerprint density at radius 1 is 0.931 bits per heavy atom. The number of methoxy groups -OCH3 is 1. The summed E-state index contributed by atoms with van der Waals surface area (Å²) in [6, 6.07) is 14.9. The van der Waals surface area contributed by atoms with Crippen molar-refractivity contribution in [3.8, 4) is 0 Å². The Hall–Kier alpha value is -3.32. The van der Waals surface area contributed by atoms with Gasteiger partial charge < -0.3 is 4.74 Å². The van der Waals surface area contributed by atoms with Gasteiger partial charge in [0.2, 0.25) is 9.84 Å². The molecule has 0 radical (unpaired) electrons. The molecule has 0 aliphatic carbocycles. The number of benzene rings is 3. The molecule has 0 aliphatic heterocycles. The number of hydrogen-bond acceptors (Lipinski definition) is 4. The fourth-order valence-electron chi connectivity index (χ4n) is 2.69. The minimum Gasteiger partial charge on any atom is -0.465 e. The average Bonchev–Trinajstić information content (AvgIpc) is 2.73. The molecular weight excluding hydrogens is 398 g/mol. The van der Waals surface area contributed by atoms with Crippen LogP contribution in [0.3, 0.4) is 0 Å². The Balaban J connectivity index is 1.90. The summed E-state index contributed by atoms with van der Waals surface area (Å²) >= 11 is 0. The smallest absolute Gasteiger partial charge is 0.339 e. The van der Waals surface area contributed by atoms with Crippen LogP contribution in [0.1, 0.15) is 21.5 Å². The van der Waals surface area contributed by atoms with Gasteiger partial charge in [-0.2, -0.15) is 0 Å². The molecule has 3 rings (SSSR count). The molecule has 0 fully saturated rings. The summed E-state index contributed by atoms with van der Waals surface area (Å²) in [7, 11) is -2.77. The lowest BCUT2D eigenvalue weighted by Crippen LogP contribution is -2.11. The van der Waals surface area contributed by atoms with E-state index in [1.54, 1.807) is 24.3 Å². The van der Waals surface area contributed by atoms with E-state index in [-0.39, 0.29) is 20.9 Å². The second-order valence-corrected chi connectivity index (χ2v) is 7.98. The standard InChI is InChI=1S/C22H16F2O4S/c1-28-22(25)19-4-2-3-5-21(19)29(26,27)18-12-7-15(8-13-18)6-9-16-10-11-17(23)14-20(16)24/h2-14H,1H3. The average molecular weight is 414 g/mol. The first kappa shape index (κ1) is 20.4. The molecule has 0 N–H and O–H groups in total. The molecule has 0 saturated carbocycles. The van der Waals surface area contributed by atoms with Crippen LogP contribution in [0.15, 0.2) is 76.5 Å². The van der Waals surface area contributed by atoms with Gasteiger partial charge in [-0.15, -0.1) is 0 Å². The lowest BCUT2D eigenvalue weighted by atomic mass is 10.1. The highest BCUT2D eigenvalue weighted by Gasteiger charge is 2.24. The number of hydrogen-bond donors (Lipinski definition) is 0. The number of esters is 1. The van der Waals surface area contributed by atoms with Crippen LogP contribution in [-0.4, -0.2) is 21.5 Å². The third-order valence-corrected chi connectivity index (χ3v) is 6.02. The van der Waals surface area contributed by atoms with Crippen LogP contribution in [0.25, 0.3) is 12.2 Å². The van der Waals surface area contributed by atoms with Gasteiger partial charge >= 0.3 is 5.97 Å². The Kier molecular flexibility index (Phi) is 5.89. The van der Waals surface area contributed by atoms with Gasteiger partial charge in [-0.3, -0.25) is 0 Å². The summed E-state index contributed by atoms with van der Waals surface area (Å²) in [5, 5.41) is 0. The van der Waals surface area contributed by atoms with Gasteiger partial charge in [-0.05, 0) is 42.0 Å². The Morgan fingerprint density at radius 2 is 1.62 bits per heavy atom. The summed E-state index contributed by atoms with van der Waals surface area (Å²) in [5.41, 5.74) is 0.773. The van der Waals surface area contributed by atoms with Crippen LogP contribution >= 0.6 is 0 Å². The van der Waals surface area contributed by atoms with Gasteiger partial charge in [-0.1, -0.05) is 36.4 Å². The monoisotopic (exact) mass is 414 g/mol. The molecule has 0 bridgehead atoms. The predicted molar refractivity (Wildman–Crippen MR) is 105 cm³/mol. The normalized spacial score (nSPS) is 11.6. The van der Waals surface area contributed by atoms with E-state index in [0.717, 1.165) is 12.1 Å². The molecule has 0 unspecified atom stereocenters. The number of ether oxygens (including phenoxy) is 1. The molecule has 0 heterocycles. The highest BCUT2D eigenvalue weighted by molar-refractivity contribution is 7.91. The van der Waals surface area contributed by atoms with Crippen LogP contribution in [0.5, 0.6) is 0 Å². The SMILES string of the molecule is COC(=O)c1ccccc1S(=O)(=O)c1ccc(C=Cc2ccc(F)cc2F)cc1. The van der Waals surface area contributed by atoms with Crippen molar-refractivity contribution in [2.24, 2.45) is 0 Å². The third-order valence-electron chi connectivity index (χ3n) is 4.19. The van der Waals surface area contributed by atoms with Crippen molar-refractivity contribution in [2.45, 2.75) is 9.79 Å². The van der Waals surface area contributed by atoms with Crippen molar-refractivity contribution in [3.63, 3.8) is 0 Å². The highest BCUT2D eigenvalue weighted by atomic mass is 32.2. The van der Waals surface area contributed by atoms with E-state index >= 15 is 0 Å². The second kappa shape index (κ2) is 8.36. The quantitative estimate of drug-likeness (QED) is 0.446. The molecule has 0 amide bonds. The Labute approximate surface area is 167 Å². The molecular formula is C22H16F2O4S. The van der Waals surface area contributed by atoms with E-state index in [9.17, 15) is 22.0 Å². The van der Waals surface area contributed by atoms with Crippen molar-refractivity contribution in [1.29, 1.82) is 0 Å². The third kappa shape index (κ3) is 4.41. The zero-order valence-corrected chi connectivity index (χ0v) is 16.1. The van der Waals surface area contributed by atoms with E-state index in [0.29, 0.717) is 5.56 Å². The lowest BCUT2D eigenvalue weighted by molar-refractivity contribution is 0.0596. The first-order chi connectivity index (χ1) is 13.8. The Bertz CT molecular complexity index is 1180. The van der Waals surface area contributed by atoms with E-state index in [2.05, 4.69) is 4.74 Å². The molecule has 0 spiro atoms. The van der Waals surface area contributed by atoms with E-state index in [1.807, 2.05) is 0 Å². The molecule has 3 aromatic rings. The summed E-state index contributed by atoms with van der Waals surface area (Å²) in [6.07, 6.45) is 3.04. The summed E-state index contributed by atoms with van der Waals surface area (Å²) in [6.45, 7) is 0. The molecule has 0 aliphatic rings. The van der Waals surface area contributed by atoms with Crippen molar-refractivity contribution in [2.75, 3.05) is 7.11 Å². The lowest BCUT2D eigenvalue weighted by Gasteiger charge is -2.09. The van der Waals surface area contributed by atoms with E-state index < -0.39 is 27.4 Å². The molecule has 29 heavy (non-hydrogen) atoms. The zero-order valence-electron chi connectivity index (χ0n) is 15.3. The molecule has 4 nitrogen and oxygen atoms in total. The predicted octanol–water partition coefficient (Wildman–Crippen LogP) is 4.75. The highest BCUT2D eigenvalue weighted by Crippen LogP contribution is 2.25. The topological polar surface area (TPSA) is 60.4 Å². The summed E-state index contributed by atoms with van der Waals surface area (Å²) in [5.74, 6) is -2.11. The maximum absolute atomic E-state index is 13.7.